The molecule has 1 aromatic rings. The molecule has 0 bridgehead atoms. The van der Waals surface area contributed by atoms with Gasteiger partial charge in [0.05, 0.1) is 19.4 Å². The zero-order valence-corrected chi connectivity index (χ0v) is 12.3. The monoisotopic (exact) mass is 286 g/mol. The lowest BCUT2D eigenvalue weighted by atomic mass is 9.90. The largest absolute Gasteiger partial charge is 0.468 e. The molecular formula is C12H18N2O4S. The summed E-state index contributed by atoms with van der Waals surface area (Å²) in [5, 5.41) is 5.18. The number of anilines is 1. The molecular weight excluding hydrogens is 268 g/mol. The number of thiazole rings is 1. The van der Waals surface area contributed by atoms with E-state index in [9.17, 15) is 9.59 Å². The standard InChI is InChI=1S/C12H18N2O4S/c1-5-18-10(16)12(2,3)8-7-19-11(14-8)13-6-9(15)17-4/h7H,5-6H2,1-4H3,(H,13,14). The molecule has 6 nitrogen and oxygen atoms in total. The minimum Gasteiger partial charge on any atom is -0.468 e. The second-order valence-corrected chi connectivity index (χ2v) is 5.17. The number of nitrogens with one attached hydrogen (secondary N) is 1. The summed E-state index contributed by atoms with van der Waals surface area (Å²) in [6.45, 7) is 5.65. The fraction of sp³-hybridized carbons (Fsp3) is 0.583. The van der Waals surface area contributed by atoms with Crippen LogP contribution in [0.5, 0.6) is 0 Å². The number of methoxy groups -OCH3 is 1. The third kappa shape index (κ3) is 3.92. The maximum Gasteiger partial charge on any atom is 0.325 e. The molecule has 1 heterocycles. The molecule has 0 unspecified atom stereocenters. The van der Waals surface area contributed by atoms with Crippen LogP contribution in [-0.4, -0.2) is 37.2 Å². The first-order valence-electron chi connectivity index (χ1n) is 5.85. The van der Waals surface area contributed by atoms with E-state index in [1.54, 1.807) is 26.2 Å². The SMILES string of the molecule is CCOC(=O)C(C)(C)c1csc(NCC(=O)OC)n1. The lowest BCUT2D eigenvalue weighted by molar-refractivity contribution is -0.149. The first-order chi connectivity index (χ1) is 8.91. The minimum absolute atomic E-state index is 0.0449. The van der Waals surface area contributed by atoms with Gasteiger partial charge in [-0.2, -0.15) is 0 Å². The Bertz CT molecular complexity index is 456. The Balaban J connectivity index is 2.72. The molecule has 7 heteroatoms. The molecule has 19 heavy (non-hydrogen) atoms. The number of carbonyl (C=O) groups is 2. The summed E-state index contributed by atoms with van der Waals surface area (Å²) in [6, 6.07) is 0. The van der Waals surface area contributed by atoms with Gasteiger partial charge in [-0.3, -0.25) is 9.59 Å². The highest BCUT2D eigenvalue weighted by Crippen LogP contribution is 2.28. The summed E-state index contributed by atoms with van der Waals surface area (Å²) in [7, 11) is 1.32. The number of aromatic nitrogens is 1. The molecule has 0 saturated carbocycles. The normalized spacial score (nSPS) is 10.9. The zero-order valence-electron chi connectivity index (χ0n) is 11.5. The number of hydrogen-bond donors (Lipinski definition) is 1. The van der Waals surface area contributed by atoms with Crippen molar-refractivity contribution in [2.75, 3.05) is 25.6 Å². The molecule has 0 aromatic carbocycles. The van der Waals surface area contributed by atoms with Crippen LogP contribution in [0.15, 0.2) is 5.38 Å². The van der Waals surface area contributed by atoms with Gasteiger partial charge in [-0.1, -0.05) is 0 Å². The maximum atomic E-state index is 11.8. The average Bonchev–Trinajstić information content (AvgIpc) is 2.85. The van der Waals surface area contributed by atoms with Crippen molar-refractivity contribution >= 4 is 28.4 Å². The summed E-state index contributed by atoms with van der Waals surface area (Å²) in [5.74, 6) is -0.693. The third-order valence-electron chi connectivity index (χ3n) is 2.54. The third-order valence-corrected chi connectivity index (χ3v) is 3.34. The Morgan fingerprint density at radius 1 is 1.47 bits per heavy atom. The molecule has 0 amide bonds. The van der Waals surface area contributed by atoms with Crippen LogP contribution in [0, 0.1) is 0 Å². The molecule has 0 radical (unpaired) electrons. The van der Waals surface area contributed by atoms with Gasteiger partial charge in [0.2, 0.25) is 0 Å². The van der Waals surface area contributed by atoms with Crippen LogP contribution in [-0.2, 0) is 24.5 Å². The van der Waals surface area contributed by atoms with E-state index in [4.69, 9.17) is 4.74 Å². The van der Waals surface area contributed by atoms with Crippen LogP contribution in [0.1, 0.15) is 26.5 Å². The van der Waals surface area contributed by atoms with Crippen molar-refractivity contribution < 1.29 is 19.1 Å². The topological polar surface area (TPSA) is 77.5 Å². The molecule has 0 atom stereocenters. The smallest absolute Gasteiger partial charge is 0.325 e. The fourth-order valence-electron chi connectivity index (χ4n) is 1.28. The predicted molar refractivity (Wildman–Crippen MR) is 72.3 cm³/mol. The lowest BCUT2D eigenvalue weighted by Gasteiger charge is -2.19. The van der Waals surface area contributed by atoms with Gasteiger partial charge in [0.1, 0.15) is 12.0 Å². The number of ether oxygens (including phenoxy) is 2. The Hall–Kier alpha value is -1.63. The van der Waals surface area contributed by atoms with Crippen LogP contribution in [0.4, 0.5) is 5.13 Å². The van der Waals surface area contributed by atoms with E-state index in [2.05, 4.69) is 15.0 Å². The minimum atomic E-state index is -0.808. The second kappa shape index (κ2) is 6.51. The highest BCUT2D eigenvalue weighted by Gasteiger charge is 2.33. The van der Waals surface area contributed by atoms with E-state index in [1.807, 2.05) is 0 Å². The molecule has 0 spiro atoms. The number of hydrogen-bond acceptors (Lipinski definition) is 7. The Labute approximate surface area is 116 Å². The van der Waals surface area contributed by atoms with Gasteiger partial charge in [-0.05, 0) is 20.8 Å². The van der Waals surface area contributed by atoms with E-state index in [-0.39, 0.29) is 18.5 Å². The van der Waals surface area contributed by atoms with E-state index in [1.165, 1.54) is 18.4 Å². The molecule has 0 aliphatic rings. The van der Waals surface area contributed by atoms with Crippen molar-refractivity contribution in [2.45, 2.75) is 26.2 Å². The van der Waals surface area contributed by atoms with Crippen LogP contribution in [0.3, 0.4) is 0 Å². The van der Waals surface area contributed by atoms with Gasteiger partial charge in [0.15, 0.2) is 5.13 Å². The summed E-state index contributed by atoms with van der Waals surface area (Å²) in [6.07, 6.45) is 0. The van der Waals surface area contributed by atoms with E-state index in [0.29, 0.717) is 17.4 Å². The molecule has 0 aliphatic carbocycles. The molecule has 1 aromatic heterocycles. The van der Waals surface area contributed by atoms with E-state index >= 15 is 0 Å². The van der Waals surface area contributed by atoms with Gasteiger partial charge >= 0.3 is 11.9 Å². The van der Waals surface area contributed by atoms with Gasteiger partial charge < -0.3 is 14.8 Å². The molecule has 1 rings (SSSR count). The van der Waals surface area contributed by atoms with E-state index in [0.717, 1.165) is 0 Å². The van der Waals surface area contributed by atoms with Gasteiger partial charge in [-0.25, -0.2) is 4.98 Å². The number of rotatable bonds is 6. The quantitative estimate of drug-likeness (QED) is 0.800. The number of nitrogens with zero attached hydrogens (tertiary/aromatic N) is 1. The van der Waals surface area contributed by atoms with Gasteiger partial charge in [0, 0.05) is 5.38 Å². The van der Waals surface area contributed by atoms with Crippen LogP contribution >= 0.6 is 11.3 Å². The van der Waals surface area contributed by atoms with Crippen molar-refractivity contribution in [1.82, 2.24) is 4.98 Å². The average molecular weight is 286 g/mol. The lowest BCUT2D eigenvalue weighted by Crippen LogP contribution is -2.31. The molecule has 1 N–H and O–H groups in total. The number of esters is 2. The first kappa shape index (κ1) is 15.4. The van der Waals surface area contributed by atoms with Crippen LogP contribution in [0.2, 0.25) is 0 Å². The van der Waals surface area contributed by atoms with Crippen LogP contribution in [0.25, 0.3) is 0 Å². The van der Waals surface area contributed by atoms with Gasteiger partial charge in [0.25, 0.3) is 0 Å². The zero-order chi connectivity index (χ0) is 14.5. The highest BCUT2D eigenvalue weighted by atomic mass is 32.1. The summed E-state index contributed by atoms with van der Waals surface area (Å²) in [4.78, 5) is 27.1. The summed E-state index contributed by atoms with van der Waals surface area (Å²) >= 11 is 1.33. The Morgan fingerprint density at radius 3 is 2.74 bits per heavy atom. The number of carbonyl (C=O) groups excluding carboxylic acids is 2. The Kier molecular flexibility index (Phi) is 5.29. The van der Waals surface area contributed by atoms with Crippen LogP contribution < -0.4 is 5.32 Å². The molecule has 0 aliphatic heterocycles. The molecule has 106 valence electrons. The Morgan fingerprint density at radius 2 is 2.16 bits per heavy atom. The predicted octanol–water partition coefficient (Wildman–Crippen LogP) is 1.57. The van der Waals surface area contributed by atoms with Crippen molar-refractivity contribution in [3.63, 3.8) is 0 Å². The summed E-state index contributed by atoms with van der Waals surface area (Å²) < 4.78 is 9.53. The maximum absolute atomic E-state index is 11.8. The van der Waals surface area contributed by atoms with Crippen molar-refractivity contribution in [2.24, 2.45) is 0 Å². The second-order valence-electron chi connectivity index (χ2n) is 4.31. The molecule has 0 saturated heterocycles. The fourth-order valence-corrected chi connectivity index (χ4v) is 2.16. The van der Waals surface area contributed by atoms with E-state index < -0.39 is 5.41 Å². The van der Waals surface area contributed by atoms with Crippen molar-refractivity contribution in [3.8, 4) is 0 Å². The van der Waals surface area contributed by atoms with Crippen molar-refractivity contribution in [1.29, 1.82) is 0 Å². The molecule has 0 fully saturated rings. The first-order valence-corrected chi connectivity index (χ1v) is 6.73. The van der Waals surface area contributed by atoms with Crippen molar-refractivity contribution in [3.05, 3.63) is 11.1 Å². The van der Waals surface area contributed by atoms with Gasteiger partial charge in [-0.15, -0.1) is 11.3 Å². The summed E-state index contributed by atoms with van der Waals surface area (Å²) in [5.41, 5.74) is -0.194. The highest BCUT2D eigenvalue weighted by molar-refractivity contribution is 7.13.